The largest absolute Gasteiger partial charge is 0.497 e. The molecule has 1 unspecified atom stereocenters. The van der Waals surface area contributed by atoms with Gasteiger partial charge in [0, 0.05) is 10.8 Å². The molecule has 0 radical (unpaired) electrons. The molecule has 96 valence electrons. The molecule has 18 heavy (non-hydrogen) atoms. The van der Waals surface area contributed by atoms with Crippen LogP contribution in [-0.2, 0) is 6.42 Å². The molecule has 2 nitrogen and oxygen atoms in total. The summed E-state index contributed by atoms with van der Waals surface area (Å²) in [5, 5.41) is 2.12. The van der Waals surface area contributed by atoms with Gasteiger partial charge in [-0.25, -0.2) is 0 Å². The number of thiophene rings is 1. The number of nitrogens with two attached hydrogens (primary N) is 1. The fourth-order valence-electron chi connectivity index (χ4n) is 2.03. The summed E-state index contributed by atoms with van der Waals surface area (Å²) < 4.78 is 5.16. The summed E-state index contributed by atoms with van der Waals surface area (Å²) in [5.41, 5.74) is 7.20. The van der Waals surface area contributed by atoms with Crippen molar-refractivity contribution in [2.45, 2.75) is 18.8 Å². The van der Waals surface area contributed by atoms with Crippen molar-refractivity contribution in [3.63, 3.8) is 0 Å². The predicted molar refractivity (Wildman–Crippen MR) is 77.4 cm³/mol. The Morgan fingerprint density at radius 2 is 2.00 bits per heavy atom. The fourth-order valence-corrected chi connectivity index (χ4v) is 2.91. The number of rotatable bonds is 6. The Morgan fingerprint density at radius 1 is 1.22 bits per heavy atom. The van der Waals surface area contributed by atoms with Crippen LogP contribution in [-0.4, -0.2) is 13.7 Å². The van der Waals surface area contributed by atoms with E-state index in [2.05, 4.69) is 29.6 Å². The molecule has 2 aromatic rings. The van der Waals surface area contributed by atoms with Crippen molar-refractivity contribution in [1.29, 1.82) is 0 Å². The zero-order chi connectivity index (χ0) is 12.8. The van der Waals surface area contributed by atoms with E-state index in [-0.39, 0.29) is 0 Å². The van der Waals surface area contributed by atoms with Crippen molar-refractivity contribution < 1.29 is 4.74 Å². The number of aryl methyl sites for hydroxylation is 1. The quantitative estimate of drug-likeness (QED) is 0.864. The molecule has 2 rings (SSSR count). The Hall–Kier alpha value is -1.32. The van der Waals surface area contributed by atoms with Gasteiger partial charge in [-0.2, -0.15) is 0 Å². The third-order valence-electron chi connectivity index (χ3n) is 3.17. The maximum atomic E-state index is 5.86. The summed E-state index contributed by atoms with van der Waals surface area (Å²) in [7, 11) is 1.69. The maximum absolute atomic E-state index is 5.86. The van der Waals surface area contributed by atoms with Crippen molar-refractivity contribution in [1.82, 2.24) is 0 Å². The minimum absolute atomic E-state index is 0.479. The molecule has 0 amide bonds. The van der Waals surface area contributed by atoms with Crippen LogP contribution in [0.2, 0.25) is 0 Å². The topological polar surface area (TPSA) is 35.2 Å². The Balaban J connectivity index is 1.93. The molecule has 0 aliphatic heterocycles. The first-order chi connectivity index (χ1) is 8.83. The molecule has 1 atom stereocenters. The number of ether oxygens (including phenoxy) is 1. The van der Waals surface area contributed by atoms with E-state index >= 15 is 0 Å². The third-order valence-corrected chi connectivity index (χ3v) is 4.21. The van der Waals surface area contributed by atoms with E-state index in [1.54, 1.807) is 18.4 Å². The highest BCUT2D eigenvalue weighted by Crippen LogP contribution is 2.25. The molecule has 0 bridgehead atoms. The summed E-state index contributed by atoms with van der Waals surface area (Å²) in [5.74, 6) is 1.39. The van der Waals surface area contributed by atoms with Crippen molar-refractivity contribution >= 4 is 11.3 Å². The highest BCUT2D eigenvalue weighted by atomic mass is 32.1. The van der Waals surface area contributed by atoms with Gasteiger partial charge in [-0.05, 0) is 48.5 Å². The lowest BCUT2D eigenvalue weighted by atomic mass is 9.98. The van der Waals surface area contributed by atoms with E-state index in [9.17, 15) is 0 Å². The fraction of sp³-hybridized carbons (Fsp3) is 0.333. The van der Waals surface area contributed by atoms with Crippen LogP contribution in [0.3, 0.4) is 0 Å². The first-order valence-electron chi connectivity index (χ1n) is 6.20. The van der Waals surface area contributed by atoms with Gasteiger partial charge in [0.15, 0.2) is 0 Å². The molecule has 0 aliphatic carbocycles. The van der Waals surface area contributed by atoms with Crippen LogP contribution in [0, 0.1) is 0 Å². The molecule has 1 aromatic heterocycles. The van der Waals surface area contributed by atoms with Crippen LogP contribution in [0.25, 0.3) is 0 Å². The van der Waals surface area contributed by atoms with E-state index in [1.807, 2.05) is 12.1 Å². The lowest BCUT2D eigenvalue weighted by molar-refractivity contribution is 0.414. The average molecular weight is 261 g/mol. The predicted octanol–water partition coefficient (Wildman–Crippen LogP) is 3.43. The van der Waals surface area contributed by atoms with E-state index in [0.29, 0.717) is 5.92 Å². The van der Waals surface area contributed by atoms with Crippen LogP contribution >= 0.6 is 11.3 Å². The van der Waals surface area contributed by atoms with Gasteiger partial charge in [0.05, 0.1) is 7.11 Å². The molecule has 2 N–H and O–H groups in total. The van der Waals surface area contributed by atoms with Gasteiger partial charge in [-0.15, -0.1) is 11.3 Å². The van der Waals surface area contributed by atoms with Crippen molar-refractivity contribution in [2.75, 3.05) is 13.7 Å². The van der Waals surface area contributed by atoms with Gasteiger partial charge in [0.1, 0.15) is 5.75 Å². The van der Waals surface area contributed by atoms with Crippen LogP contribution in [0.4, 0.5) is 0 Å². The Kier molecular flexibility index (Phi) is 4.79. The Bertz CT molecular complexity index is 450. The summed E-state index contributed by atoms with van der Waals surface area (Å²) in [6, 6.07) is 12.5. The second kappa shape index (κ2) is 6.57. The van der Waals surface area contributed by atoms with E-state index in [1.165, 1.54) is 10.4 Å². The van der Waals surface area contributed by atoms with Crippen LogP contribution in [0.5, 0.6) is 5.75 Å². The third kappa shape index (κ3) is 3.34. The zero-order valence-corrected chi connectivity index (χ0v) is 11.5. The summed E-state index contributed by atoms with van der Waals surface area (Å²) in [4.78, 5) is 1.39. The van der Waals surface area contributed by atoms with E-state index in [4.69, 9.17) is 10.5 Å². The van der Waals surface area contributed by atoms with Gasteiger partial charge in [-0.1, -0.05) is 18.2 Å². The number of hydrogen-bond donors (Lipinski definition) is 1. The molecule has 0 saturated heterocycles. The van der Waals surface area contributed by atoms with Crippen molar-refractivity contribution in [3.05, 3.63) is 52.2 Å². The monoisotopic (exact) mass is 261 g/mol. The SMILES string of the molecule is COc1ccc(CCC(CN)c2cccs2)cc1. The van der Waals surface area contributed by atoms with Gasteiger partial charge in [0.2, 0.25) is 0 Å². The minimum atomic E-state index is 0.479. The lowest BCUT2D eigenvalue weighted by Gasteiger charge is -2.12. The van der Waals surface area contributed by atoms with Gasteiger partial charge in [0.25, 0.3) is 0 Å². The normalized spacial score (nSPS) is 12.3. The molecule has 1 aromatic carbocycles. The molecule has 1 heterocycles. The van der Waals surface area contributed by atoms with Crippen molar-refractivity contribution in [3.8, 4) is 5.75 Å². The maximum Gasteiger partial charge on any atom is 0.118 e. The number of methoxy groups -OCH3 is 1. The number of hydrogen-bond acceptors (Lipinski definition) is 3. The van der Waals surface area contributed by atoms with Gasteiger partial charge >= 0.3 is 0 Å². The van der Waals surface area contributed by atoms with Crippen molar-refractivity contribution in [2.24, 2.45) is 5.73 Å². The second-order valence-corrected chi connectivity index (χ2v) is 5.31. The Labute approximate surface area is 112 Å². The molecule has 0 saturated carbocycles. The molecule has 0 spiro atoms. The molecular formula is C15H19NOS. The van der Waals surface area contributed by atoms with Gasteiger partial charge < -0.3 is 10.5 Å². The van der Waals surface area contributed by atoms with Crippen LogP contribution < -0.4 is 10.5 Å². The van der Waals surface area contributed by atoms with E-state index < -0.39 is 0 Å². The molecule has 0 fully saturated rings. The van der Waals surface area contributed by atoms with Crippen LogP contribution in [0.1, 0.15) is 22.8 Å². The summed E-state index contributed by atoms with van der Waals surface area (Å²) >= 11 is 1.80. The highest BCUT2D eigenvalue weighted by Gasteiger charge is 2.10. The molecule has 3 heteroatoms. The smallest absolute Gasteiger partial charge is 0.118 e. The zero-order valence-electron chi connectivity index (χ0n) is 10.6. The highest BCUT2D eigenvalue weighted by molar-refractivity contribution is 7.10. The first kappa shape index (κ1) is 13.1. The number of benzene rings is 1. The second-order valence-electron chi connectivity index (χ2n) is 4.33. The molecule has 0 aliphatic rings. The first-order valence-corrected chi connectivity index (χ1v) is 7.08. The van der Waals surface area contributed by atoms with Gasteiger partial charge in [-0.3, -0.25) is 0 Å². The standard InChI is InChI=1S/C15H19NOS/c1-17-14-8-5-12(6-9-14)4-7-13(11-16)15-3-2-10-18-15/h2-3,5-6,8-10,13H,4,7,11,16H2,1H3. The Morgan fingerprint density at radius 3 is 2.56 bits per heavy atom. The lowest BCUT2D eigenvalue weighted by Crippen LogP contribution is -2.12. The average Bonchev–Trinajstić information content (AvgIpc) is 2.94. The molecular weight excluding hydrogens is 242 g/mol. The van der Waals surface area contributed by atoms with E-state index in [0.717, 1.165) is 25.1 Å². The summed E-state index contributed by atoms with van der Waals surface area (Å²) in [6.07, 6.45) is 2.16. The van der Waals surface area contributed by atoms with Crippen LogP contribution in [0.15, 0.2) is 41.8 Å². The summed E-state index contributed by atoms with van der Waals surface area (Å²) in [6.45, 7) is 0.719. The minimum Gasteiger partial charge on any atom is -0.497 e.